The lowest BCUT2D eigenvalue weighted by Gasteiger charge is -2.22. The molecule has 6 nitrogen and oxygen atoms in total. The molecule has 1 aromatic rings. The Hall–Kier alpha value is -0.660. The smallest absolute Gasteiger partial charge is 0.209 e. The van der Waals surface area contributed by atoms with Gasteiger partial charge in [-0.1, -0.05) is 11.8 Å². The second-order valence-electron chi connectivity index (χ2n) is 4.04. The number of methoxy groups -OCH3 is 1. The van der Waals surface area contributed by atoms with Gasteiger partial charge in [0.15, 0.2) is 0 Å². The van der Waals surface area contributed by atoms with Crippen molar-refractivity contribution in [3.05, 3.63) is 0 Å². The Morgan fingerprint density at radius 3 is 2.88 bits per heavy atom. The summed E-state index contributed by atoms with van der Waals surface area (Å²) in [7, 11) is 1.73. The number of tetrazole rings is 1. The van der Waals surface area contributed by atoms with E-state index < -0.39 is 0 Å². The van der Waals surface area contributed by atoms with E-state index in [9.17, 15) is 0 Å². The highest BCUT2D eigenvalue weighted by molar-refractivity contribution is 7.99. The van der Waals surface area contributed by atoms with Crippen LogP contribution in [0.25, 0.3) is 0 Å². The van der Waals surface area contributed by atoms with Crippen molar-refractivity contribution in [2.24, 2.45) is 5.73 Å². The molecule has 0 aliphatic rings. The average Bonchev–Trinajstić information content (AvgIpc) is 2.66. The zero-order chi connectivity index (χ0) is 12.0. The molecule has 2 N–H and O–H groups in total. The first-order chi connectivity index (χ1) is 7.59. The van der Waals surface area contributed by atoms with E-state index in [0.717, 1.165) is 17.3 Å². The van der Waals surface area contributed by atoms with Crippen molar-refractivity contribution in [1.29, 1.82) is 0 Å². The van der Waals surface area contributed by atoms with E-state index in [1.54, 1.807) is 23.6 Å². The lowest BCUT2D eigenvalue weighted by molar-refractivity contribution is 0.0206. The molecule has 0 radical (unpaired) electrons. The van der Waals surface area contributed by atoms with Gasteiger partial charge in [-0.3, -0.25) is 0 Å². The minimum Gasteiger partial charge on any atom is -0.379 e. The number of aromatic nitrogens is 4. The molecule has 0 aromatic carbocycles. The normalized spacial score (nSPS) is 12.0. The highest BCUT2D eigenvalue weighted by Gasteiger charge is 2.16. The number of nitrogens with two attached hydrogens (primary N) is 1. The van der Waals surface area contributed by atoms with E-state index in [1.807, 2.05) is 0 Å². The summed E-state index contributed by atoms with van der Waals surface area (Å²) in [6, 6.07) is 0. The molecule has 0 atom stereocenters. The summed E-state index contributed by atoms with van der Waals surface area (Å²) >= 11 is 1.63. The van der Waals surface area contributed by atoms with Crippen LogP contribution in [0.3, 0.4) is 0 Å². The van der Waals surface area contributed by atoms with Gasteiger partial charge < -0.3 is 10.5 Å². The fraction of sp³-hybridized carbons (Fsp3) is 0.889. The lowest BCUT2D eigenvalue weighted by atomic mass is 10.1. The molecule has 1 aromatic heterocycles. The molecule has 0 aliphatic heterocycles. The lowest BCUT2D eigenvalue weighted by Crippen LogP contribution is -2.23. The quantitative estimate of drug-likeness (QED) is 0.706. The number of hydrogen-bond acceptors (Lipinski definition) is 6. The summed E-state index contributed by atoms with van der Waals surface area (Å²) in [5, 5.41) is 12.3. The summed E-state index contributed by atoms with van der Waals surface area (Å²) < 4.78 is 7.07. The average molecular weight is 245 g/mol. The Balaban J connectivity index is 2.39. The molecular formula is C9H19N5OS. The Morgan fingerprint density at radius 1 is 1.50 bits per heavy atom. The van der Waals surface area contributed by atoms with Crippen molar-refractivity contribution >= 4 is 11.8 Å². The first-order valence-electron chi connectivity index (χ1n) is 5.23. The van der Waals surface area contributed by atoms with Gasteiger partial charge in [0.1, 0.15) is 0 Å². The maximum Gasteiger partial charge on any atom is 0.209 e. The standard InChI is InChI=1S/C9H19N5OS/c1-9(2,15-3)4-7-16-8-11-12-13-14(8)6-5-10/h4-7,10H2,1-3H3. The van der Waals surface area contributed by atoms with E-state index in [1.165, 1.54) is 0 Å². The van der Waals surface area contributed by atoms with Crippen molar-refractivity contribution in [3.8, 4) is 0 Å². The highest BCUT2D eigenvalue weighted by atomic mass is 32.2. The number of nitrogens with zero attached hydrogens (tertiary/aromatic N) is 4. The van der Waals surface area contributed by atoms with Crippen molar-refractivity contribution in [3.63, 3.8) is 0 Å². The summed E-state index contributed by atoms with van der Waals surface area (Å²) in [5.41, 5.74) is 5.36. The van der Waals surface area contributed by atoms with E-state index in [2.05, 4.69) is 29.4 Å². The molecule has 16 heavy (non-hydrogen) atoms. The summed E-state index contributed by atoms with van der Waals surface area (Å²) in [6.45, 7) is 5.33. The molecule has 92 valence electrons. The molecule has 0 unspecified atom stereocenters. The van der Waals surface area contributed by atoms with Crippen LogP contribution in [-0.2, 0) is 11.3 Å². The molecule has 0 amide bonds. The second kappa shape index (κ2) is 6.17. The third-order valence-electron chi connectivity index (χ3n) is 2.33. The predicted octanol–water partition coefficient (Wildman–Crippen LogP) is 0.539. The third kappa shape index (κ3) is 4.07. The summed E-state index contributed by atoms with van der Waals surface area (Å²) in [5.74, 6) is 0.922. The van der Waals surface area contributed by atoms with Gasteiger partial charge >= 0.3 is 0 Å². The maximum atomic E-state index is 5.46. The number of rotatable bonds is 7. The SMILES string of the molecule is COC(C)(C)CCSc1nnnn1CCN. The van der Waals surface area contributed by atoms with Gasteiger partial charge in [0, 0.05) is 19.4 Å². The number of ether oxygens (including phenoxy) is 1. The monoisotopic (exact) mass is 245 g/mol. The molecule has 0 saturated carbocycles. The van der Waals surface area contributed by atoms with Gasteiger partial charge in [-0.2, -0.15) is 0 Å². The minimum atomic E-state index is -0.0981. The molecule has 0 bridgehead atoms. The molecule has 0 spiro atoms. The van der Waals surface area contributed by atoms with E-state index in [-0.39, 0.29) is 5.60 Å². The Kier molecular flexibility index (Phi) is 5.17. The van der Waals surface area contributed by atoms with Gasteiger partial charge in [0.05, 0.1) is 12.1 Å². The molecular weight excluding hydrogens is 226 g/mol. The second-order valence-corrected chi connectivity index (χ2v) is 5.10. The van der Waals surface area contributed by atoms with Crippen LogP contribution in [0.15, 0.2) is 5.16 Å². The maximum absolute atomic E-state index is 5.46. The molecule has 0 saturated heterocycles. The van der Waals surface area contributed by atoms with Gasteiger partial charge in [-0.15, -0.1) is 5.10 Å². The summed E-state index contributed by atoms with van der Waals surface area (Å²) in [6.07, 6.45) is 0.948. The van der Waals surface area contributed by atoms with Crippen LogP contribution in [0.4, 0.5) is 0 Å². The molecule has 7 heteroatoms. The van der Waals surface area contributed by atoms with Crippen molar-refractivity contribution in [2.45, 2.75) is 37.6 Å². The van der Waals surface area contributed by atoms with Gasteiger partial charge in [0.25, 0.3) is 0 Å². The van der Waals surface area contributed by atoms with Crippen LogP contribution in [0.5, 0.6) is 0 Å². The van der Waals surface area contributed by atoms with Gasteiger partial charge in [0.2, 0.25) is 5.16 Å². The third-order valence-corrected chi connectivity index (χ3v) is 3.29. The first-order valence-corrected chi connectivity index (χ1v) is 6.22. The highest BCUT2D eigenvalue weighted by Crippen LogP contribution is 2.20. The van der Waals surface area contributed by atoms with E-state index >= 15 is 0 Å². The molecule has 0 fully saturated rings. The topological polar surface area (TPSA) is 78.9 Å². The predicted molar refractivity (Wildman–Crippen MR) is 63.3 cm³/mol. The molecule has 1 heterocycles. The van der Waals surface area contributed by atoms with Gasteiger partial charge in [-0.05, 0) is 30.7 Å². The largest absolute Gasteiger partial charge is 0.379 e. The fourth-order valence-electron chi connectivity index (χ4n) is 1.05. The van der Waals surface area contributed by atoms with E-state index in [4.69, 9.17) is 10.5 Å². The molecule has 0 aliphatic carbocycles. The van der Waals surface area contributed by atoms with Crippen molar-refractivity contribution < 1.29 is 4.74 Å². The van der Waals surface area contributed by atoms with Crippen LogP contribution < -0.4 is 5.73 Å². The Bertz CT molecular complexity index is 315. The van der Waals surface area contributed by atoms with Gasteiger partial charge in [-0.25, -0.2) is 4.68 Å². The minimum absolute atomic E-state index is 0.0981. The molecule has 1 rings (SSSR count). The van der Waals surface area contributed by atoms with Crippen LogP contribution in [0, 0.1) is 0 Å². The first kappa shape index (κ1) is 13.4. The van der Waals surface area contributed by atoms with Crippen molar-refractivity contribution in [1.82, 2.24) is 20.2 Å². The van der Waals surface area contributed by atoms with Crippen LogP contribution in [0.1, 0.15) is 20.3 Å². The van der Waals surface area contributed by atoms with Crippen molar-refractivity contribution in [2.75, 3.05) is 19.4 Å². The summed E-state index contributed by atoms with van der Waals surface area (Å²) in [4.78, 5) is 0. The number of hydrogen-bond donors (Lipinski definition) is 1. The zero-order valence-electron chi connectivity index (χ0n) is 10.0. The Labute approximate surface area is 99.9 Å². The van der Waals surface area contributed by atoms with E-state index in [0.29, 0.717) is 13.1 Å². The van der Waals surface area contributed by atoms with Crippen LogP contribution >= 0.6 is 11.8 Å². The van der Waals surface area contributed by atoms with Crippen LogP contribution in [-0.4, -0.2) is 45.2 Å². The number of thioether (sulfide) groups is 1. The zero-order valence-corrected chi connectivity index (χ0v) is 10.8. The Morgan fingerprint density at radius 2 is 2.25 bits per heavy atom. The van der Waals surface area contributed by atoms with Crippen LogP contribution in [0.2, 0.25) is 0 Å². The fourth-order valence-corrected chi connectivity index (χ4v) is 2.20.